The van der Waals surface area contributed by atoms with Crippen molar-refractivity contribution < 1.29 is 19.5 Å². The fourth-order valence-electron chi connectivity index (χ4n) is 2.53. The van der Waals surface area contributed by atoms with Crippen molar-refractivity contribution in [3.05, 3.63) is 0 Å². The first-order valence-corrected chi connectivity index (χ1v) is 7.48. The largest absolute Gasteiger partial charge is 0.480 e. The maximum absolute atomic E-state index is 12.6. The van der Waals surface area contributed by atoms with Crippen LogP contribution in [0.2, 0.25) is 0 Å². The van der Waals surface area contributed by atoms with Crippen molar-refractivity contribution in [3.63, 3.8) is 0 Å². The number of aliphatic carboxylic acids is 1. The Hall–Kier alpha value is -1.63. The minimum Gasteiger partial charge on any atom is -0.480 e. The van der Waals surface area contributed by atoms with Gasteiger partial charge in [0.1, 0.15) is 6.54 Å². The van der Waals surface area contributed by atoms with Crippen molar-refractivity contribution in [3.8, 4) is 0 Å². The Morgan fingerprint density at radius 3 is 2.27 bits per heavy atom. The minimum atomic E-state index is -1.04. The summed E-state index contributed by atoms with van der Waals surface area (Å²) in [5.74, 6) is -1.78. The average molecular weight is 313 g/mol. The van der Waals surface area contributed by atoms with Crippen LogP contribution in [-0.4, -0.2) is 83.4 Å². The second-order valence-corrected chi connectivity index (χ2v) is 7.03. The molecule has 126 valence electrons. The van der Waals surface area contributed by atoms with Gasteiger partial charge in [-0.05, 0) is 34.9 Å². The zero-order chi connectivity index (χ0) is 17.1. The van der Waals surface area contributed by atoms with Crippen LogP contribution >= 0.6 is 0 Å². The second kappa shape index (κ2) is 7.09. The van der Waals surface area contributed by atoms with E-state index in [1.54, 1.807) is 4.90 Å². The Labute approximate surface area is 131 Å². The molecule has 0 aromatic rings. The quantitative estimate of drug-likeness (QED) is 0.752. The third-order valence-corrected chi connectivity index (χ3v) is 3.74. The van der Waals surface area contributed by atoms with Crippen LogP contribution in [0.4, 0.5) is 0 Å². The first-order valence-electron chi connectivity index (χ1n) is 7.48. The van der Waals surface area contributed by atoms with Crippen molar-refractivity contribution in [2.75, 3.05) is 40.3 Å². The van der Waals surface area contributed by atoms with Crippen LogP contribution in [0.5, 0.6) is 0 Å². The second-order valence-electron chi connectivity index (χ2n) is 7.03. The first kappa shape index (κ1) is 18.4. The van der Waals surface area contributed by atoms with Crippen LogP contribution in [0.25, 0.3) is 0 Å². The number of carboxylic acids is 1. The number of hydrogen-bond acceptors (Lipinski definition) is 4. The van der Waals surface area contributed by atoms with E-state index in [0.717, 1.165) is 0 Å². The van der Waals surface area contributed by atoms with Gasteiger partial charge in [-0.25, -0.2) is 0 Å². The molecule has 0 bridgehead atoms. The van der Waals surface area contributed by atoms with E-state index < -0.39 is 11.9 Å². The molecular formula is C15H27N3O4. The summed E-state index contributed by atoms with van der Waals surface area (Å²) in [7, 11) is 3.73. The molecule has 0 aliphatic carbocycles. The van der Waals surface area contributed by atoms with E-state index >= 15 is 0 Å². The molecule has 0 aromatic carbocycles. The smallest absolute Gasteiger partial charge is 0.323 e. The van der Waals surface area contributed by atoms with Gasteiger partial charge < -0.3 is 19.8 Å². The molecule has 1 aliphatic heterocycles. The van der Waals surface area contributed by atoms with Gasteiger partial charge in [-0.15, -0.1) is 0 Å². The molecule has 7 nitrogen and oxygen atoms in total. The summed E-state index contributed by atoms with van der Waals surface area (Å²) in [6, 6.07) is 0. The van der Waals surface area contributed by atoms with Crippen LogP contribution < -0.4 is 0 Å². The molecule has 1 rings (SSSR count). The number of likely N-dealkylation sites (tertiary alicyclic amines) is 1. The van der Waals surface area contributed by atoms with Crippen LogP contribution in [0.3, 0.4) is 0 Å². The Morgan fingerprint density at radius 1 is 1.27 bits per heavy atom. The Balaban J connectivity index is 2.77. The molecule has 1 N–H and O–H groups in total. The number of amides is 2. The monoisotopic (exact) mass is 313 g/mol. The Kier molecular flexibility index (Phi) is 5.93. The van der Waals surface area contributed by atoms with E-state index in [4.69, 9.17) is 5.11 Å². The molecule has 7 heteroatoms. The number of carboxylic acid groups (broad SMARTS) is 1. The molecule has 0 radical (unpaired) electrons. The predicted octanol–water partition coefficient (Wildman–Crippen LogP) is 0.108. The van der Waals surface area contributed by atoms with Gasteiger partial charge in [0.15, 0.2) is 0 Å². The van der Waals surface area contributed by atoms with Gasteiger partial charge in [0.05, 0.1) is 5.92 Å². The summed E-state index contributed by atoms with van der Waals surface area (Å²) in [5.41, 5.74) is -0.326. The van der Waals surface area contributed by atoms with Crippen molar-refractivity contribution in [2.24, 2.45) is 5.92 Å². The van der Waals surface area contributed by atoms with Crippen molar-refractivity contribution in [2.45, 2.75) is 32.7 Å². The van der Waals surface area contributed by atoms with Gasteiger partial charge in [0, 0.05) is 31.6 Å². The van der Waals surface area contributed by atoms with E-state index in [-0.39, 0.29) is 30.3 Å². The molecule has 1 atom stereocenters. The molecular weight excluding hydrogens is 286 g/mol. The first-order chi connectivity index (χ1) is 10.0. The molecule has 22 heavy (non-hydrogen) atoms. The van der Waals surface area contributed by atoms with E-state index in [1.165, 1.54) is 4.90 Å². The summed E-state index contributed by atoms with van der Waals surface area (Å²) in [6.07, 6.45) is 0.161. The molecule has 1 heterocycles. The molecule has 1 aliphatic rings. The van der Waals surface area contributed by atoms with Gasteiger partial charge in [-0.3, -0.25) is 14.4 Å². The molecule has 2 amide bonds. The van der Waals surface area contributed by atoms with E-state index in [9.17, 15) is 14.4 Å². The summed E-state index contributed by atoms with van der Waals surface area (Å²) in [4.78, 5) is 40.6. The number of nitrogens with zero attached hydrogens (tertiary/aromatic N) is 3. The lowest BCUT2D eigenvalue weighted by molar-refractivity contribution is -0.146. The zero-order valence-electron chi connectivity index (χ0n) is 14.1. The minimum absolute atomic E-state index is 0.0475. The topological polar surface area (TPSA) is 81.2 Å². The molecule has 0 aromatic heterocycles. The lowest BCUT2D eigenvalue weighted by Gasteiger charge is -2.32. The highest BCUT2D eigenvalue weighted by Gasteiger charge is 2.41. The average Bonchev–Trinajstić information content (AvgIpc) is 2.75. The number of carbonyl (C=O) groups excluding carboxylic acids is 2. The maximum Gasteiger partial charge on any atom is 0.323 e. The van der Waals surface area contributed by atoms with Gasteiger partial charge in [-0.1, -0.05) is 0 Å². The lowest BCUT2D eigenvalue weighted by atomic mass is 10.1. The van der Waals surface area contributed by atoms with E-state index in [2.05, 4.69) is 0 Å². The number of likely N-dealkylation sites (N-methyl/N-ethyl adjacent to an activating group) is 1. The van der Waals surface area contributed by atoms with Crippen LogP contribution in [0, 0.1) is 5.92 Å². The number of carbonyl (C=O) groups is 3. The van der Waals surface area contributed by atoms with Gasteiger partial charge in [-0.2, -0.15) is 0 Å². The number of rotatable bonds is 6. The summed E-state index contributed by atoms with van der Waals surface area (Å²) in [5, 5.41) is 8.99. The van der Waals surface area contributed by atoms with Gasteiger partial charge in [0.2, 0.25) is 11.8 Å². The Bertz CT molecular complexity index is 443. The zero-order valence-corrected chi connectivity index (χ0v) is 14.1. The third kappa shape index (κ3) is 4.98. The van der Waals surface area contributed by atoms with Gasteiger partial charge in [0.25, 0.3) is 0 Å². The summed E-state index contributed by atoms with van der Waals surface area (Å²) >= 11 is 0. The summed E-state index contributed by atoms with van der Waals surface area (Å²) in [6.45, 7) is 6.75. The van der Waals surface area contributed by atoms with E-state index in [0.29, 0.717) is 19.6 Å². The number of hydrogen-bond donors (Lipinski definition) is 1. The maximum atomic E-state index is 12.6. The van der Waals surface area contributed by atoms with Crippen molar-refractivity contribution >= 4 is 17.8 Å². The normalized spacial score (nSPS) is 18.9. The Morgan fingerprint density at radius 2 is 1.86 bits per heavy atom. The van der Waals surface area contributed by atoms with Crippen molar-refractivity contribution in [1.82, 2.24) is 14.7 Å². The van der Waals surface area contributed by atoms with E-state index in [1.807, 2.05) is 39.8 Å². The summed E-state index contributed by atoms with van der Waals surface area (Å²) < 4.78 is 0. The third-order valence-electron chi connectivity index (χ3n) is 3.74. The predicted molar refractivity (Wildman–Crippen MR) is 82.3 cm³/mol. The van der Waals surface area contributed by atoms with Gasteiger partial charge >= 0.3 is 5.97 Å². The lowest BCUT2D eigenvalue weighted by Crippen LogP contribution is -2.45. The standard InChI is InChI=1S/C15H27N3O4/c1-15(2,3)18-9-11(8-12(18)19)14(22)17(10-13(20)21)7-6-16(4)5/h11H,6-10H2,1-5H3,(H,20,21). The van der Waals surface area contributed by atoms with Crippen molar-refractivity contribution in [1.29, 1.82) is 0 Å². The fraction of sp³-hybridized carbons (Fsp3) is 0.800. The van der Waals surface area contributed by atoms with Crippen LogP contribution in [0.15, 0.2) is 0 Å². The highest BCUT2D eigenvalue weighted by Crippen LogP contribution is 2.27. The van der Waals surface area contributed by atoms with Crippen LogP contribution in [-0.2, 0) is 14.4 Å². The molecule has 0 spiro atoms. The fourth-order valence-corrected chi connectivity index (χ4v) is 2.53. The molecule has 1 fully saturated rings. The highest BCUT2D eigenvalue weighted by atomic mass is 16.4. The SMILES string of the molecule is CN(C)CCN(CC(=O)O)C(=O)C1CC(=O)N(C(C)(C)C)C1. The van der Waals surface area contributed by atoms with Crippen LogP contribution in [0.1, 0.15) is 27.2 Å². The molecule has 1 unspecified atom stereocenters. The highest BCUT2D eigenvalue weighted by molar-refractivity contribution is 5.91. The molecule has 0 saturated carbocycles. The molecule has 1 saturated heterocycles.